The zero-order valence-corrected chi connectivity index (χ0v) is 11.8. The van der Waals surface area contributed by atoms with E-state index in [1.807, 2.05) is 25.1 Å². The fourth-order valence-electron chi connectivity index (χ4n) is 3.14. The highest BCUT2D eigenvalue weighted by Gasteiger charge is 2.38. The molecular formula is C16H21NO3. The van der Waals surface area contributed by atoms with Crippen LogP contribution < -0.4 is 5.32 Å². The first-order chi connectivity index (χ1) is 9.60. The molecule has 2 heterocycles. The molecule has 1 aromatic carbocycles. The predicted molar refractivity (Wildman–Crippen MR) is 75.6 cm³/mol. The molecular weight excluding hydrogens is 254 g/mol. The van der Waals surface area contributed by atoms with Crippen LogP contribution >= 0.6 is 0 Å². The van der Waals surface area contributed by atoms with Crippen LogP contribution in [0.15, 0.2) is 18.2 Å². The highest BCUT2D eigenvalue weighted by molar-refractivity contribution is 5.96. The summed E-state index contributed by atoms with van der Waals surface area (Å²) in [4.78, 5) is 12.1. The molecule has 4 nitrogen and oxygen atoms in total. The molecule has 1 fully saturated rings. The van der Waals surface area contributed by atoms with E-state index in [1.165, 1.54) is 0 Å². The summed E-state index contributed by atoms with van der Waals surface area (Å²) < 4.78 is 5.70. The number of benzene rings is 1. The van der Waals surface area contributed by atoms with E-state index in [-0.39, 0.29) is 5.91 Å². The molecule has 2 aliphatic rings. The van der Waals surface area contributed by atoms with Crippen molar-refractivity contribution in [1.29, 1.82) is 0 Å². The molecule has 0 spiro atoms. The van der Waals surface area contributed by atoms with Gasteiger partial charge in [-0.25, -0.2) is 0 Å². The van der Waals surface area contributed by atoms with E-state index in [0.29, 0.717) is 18.7 Å². The average Bonchev–Trinajstić information content (AvgIpc) is 2.82. The molecule has 0 bridgehead atoms. The van der Waals surface area contributed by atoms with Crippen LogP contribution in [0.1, 0.15) is 53.8 Å². The van der Waals surface area contributed by atoms with Gasteiger partial charge < -0.3 is 15.2 Å². The summed E-state index contributed by atoms with van der Waals surface area (Å²) in [6.45, 7) is 3.35. The smallest absolute Gasteiger partial charge is 0.251 e. The highest BCUT2D eigenvalue weighted by Crippen LogP contribution is 2.37. The van der Waals surface area contributed by atoms with Gasteiger partial charge in [-0.05, 0) is 49.8 Å². The Morgan fingerprint density at radius 3 is 3.00 bits per heavy atom. The third-order valence-corrected chi connectivity index (χ3v) is 4.43. The fourth-order valence-corrected chi connectivity index (χ4v) is 3.14. The summed E-state index contributed by atoms with van der Waals surface area (Å²) in [5.74, 6) is -0.0379. The number of aryl methyl sites for hydroxylation is 1. The molecule has 1 amide bonds. The molecule has 1 aromatic rings. The third-order valence-electron chi connectivity index (χ3n) is 4.43. The van der Waals surface area contributed by atoms with Gasteiger partial charge >= 0.3 is 0 Å². The maximum absolute atomic E-state index is 12.1. The van der Waals surface area contributed by atoms with Crippen LogP contribution in [0.2, 0.25) is 0 Å². The average molecular weight is 275 g/mol. The van der Waals surface area contributed by atoms with Gasteiger partial charge in [0, 0.05) is 18.7 Å². The lowest BCUT2D eigenvalue weighted by Gasteiger charge is -2.30. The molecule has 108 valence electrons. The first-order valence-corrected chi connectivity index (χ1v) is 7.33. The molecule has 2 atom stereocenters. The lowest BCUT2D eigenvalue weighted by molar-refractivity contribution is -0.0796. The minimum atomic E-state index is -0.689. The van der Waals surface area contributed by atoms with Gasteiger partial charge in [0.15, 0.2) is 0 Å². The molecule has 0 aromatic heterocycles. The Hall–Kier alpha value is -1.39. The van der Waals surface area contributed by atoms with Crippen LogP contribution in [0.3, 0.4) is 0 Å². The van der Waals surface area contributed by atoms with Gasteiger partial charge in [-0.1, -0.05) is 12.1 Å². The molecule has 0 saturated carbocycles. The minimum absolute atomic E-state index is 0.0379. The quantitative estimate of drug-likeness (QED) is 0.867. The van der Waals surface area contributed by atoms with Crippen molar-refractivity contribution >= 4 is 5.91 Å². The van der Waals surface area contributed by atoms with Crippen LogP contribution in [0.25, 0.3) is 0 Å². The molecule has 2 unspecified atom stereocenters. The summed E-state index contributed by atoms with van der Waals surface area (Å²) in [7, 11) is 0. The van der Waals surface area contributed by atoms with Crippen LogP contribution in [0.5, 0.6) is 0 Å². The minimum Gasteiger partial charge on any atom is -0.385 e. The maximum Gasteiger partial charge on any atom is 0.251 e. The van der Waals surface area contributed by atoms with Gasteiger partial charge in [-0.3, -0.25) is 4.79 Å². The maximum atomic E-state index is 12.1. The van der Waals surface area contributed by atoms with E-state index < -0.39 is 11.7 Å². The number of rotatable bonds is 2. The van der Waals surface area contributed by atoms with Gasteiger partial charge in [0.25, 0.3) is 5.91 Å². The zero-order chi connectivity index (χ0) is 14.2. The number of ether oxygens (including phenoxy) is 1. The Morgan fingerprint density at radius 1 is 1.40 bits per heavy atom. The van der Waals surface area contributed by atoms with Crippen LogP contribution in [-0.2, 0) is 11.2 Å². The van der Waals surface area contributed by atoms with Crippen LogP contribution in [0.4, 0.5) is 0 Å². The van der Waals surface area contributed by atoms with Crippen molar-refractivity contribution in [2.75, 3.05) is 13.2 Å². The van der Waals surface area contributed by atoms with E-state index >= 15 is 0 Å². The summed E-state index contributed by atoms with van der Waals surface area (Å²) in [6, 6.07) is 5.72. The van der Waals surface area contributed by atoms with Gasteiger partial charge in [0.1, 0.15) is 6.10 Å². The largest absolute Gasteiger partial charge is 0.385 e. The second kappa shape index (κ2) is 5.19. The first-order valence-electron chi connectivity index (χ1n) is 7.33. The third kappa shape index (κ3) is 2.34. The number of hydrogen-bond acceptors (Lipinski definition) is 3. The second-order valence-electron chi connectivity index (χ2n) is 5.94. The summed E-state index contributed by atoms with van der Waals surface area (Å²) in [6.07, 6.45) is 2.99. The normalized spacial score (nSPS) is 27.6. The van der Waals surface area contributed by atoms with E-state index in [0.717, 1.165) is 36.8 Å². The monoisotopic (exact) mass is 275 g/mol. The van der Waals surface area contributed by atoms with Crippen molar-refractivity contribution < 1.29 is 14.6 Å². The lowest BCUT2D eigenvalue weighted by Crippen LogP contribution is -2.32. The molecule has 3 rings (SSSR count). The van der Waals surface area contributed by atoms with E-state index in [2.05, 4.69) is 5.32 Å². The topological polar surface area (TPSA) is 58.6 Å². The van der Waals surface area contributed by atoms with Crippen molar-refractivity contribution in [1.82, 2.24) is 5.32 Å². The number of aliphatic hydroxyl groups excluding tert-OH is 1. The van der Waals surface area contributed by atoms with E-state index in [9.17, 15) is 9.90 Å². The van der Waals surface area contributed by atoms with E-state index in [1.54, 1.807) is 0 Å². The molecule has 0 radical (unpaired) electrons. The van der Waals surface area contributed by atoms with E-state index in [4.69, 9.17) is 4.74 Å². The van der Waals surface area contributed by atoms with Gasteiger partial charge in [0.05, 0.1) is 5.60 Å². The number of fused-ring (bicyclic) bond motifs is 1. The van der Waals surface area contributed by atoms with Crippen molar-refractivity contribution in [3.63, 3.8) is 0 Å². The molecule has 1 saturated heterocycles. The Bertz CT molecular complexity index is 520. The molecule has 4 heteroatoms. The Labute approximate surface area is 119 Å². The van der Waals surface area contributed by atoms with Crippen LogP contribution in [0, 0.1) is 0 Å². The summed E-state index contributed by atoms with van der Waals surface area (Å²) in [5.41, 5.74) is 1.99. The number of carbonyl (C=O) groups excluding carboxylic acids is 1. The Balaban J connectivity index is 1.93. The molecule has 0 aliphatic carbocycles. The second-order valence-corrected chi connectivity index (χ2v) is 5.94. The first kappa shape index (κ1) is 13.6. The van der Waals surface area contributed by atoms with Crippen LogP contribution in [-0.4, -0.2) is 29.8 Å². The Morgan fingerprint density at radius 2 is 2.25 bits per heavy atom. The van der Waals surface area contributed by atoms with Crippen molar-refractivity contribution in [3.8, 4) is 0 Å². The fraction of sp³-hybridized carbons (Fsp3) is 0.562. The number of aliphatic hydroxyl groups is 1. The lowest BCUT2D eigenvalue weighted by atomic mass is 9.88. The van der Waals surface area contributed by atoms with Gasteiger partial charge in [-0.2, -0.15) is 0 Å². The van der Waals surface area contributed by atoms with Crippen molar-refractivity contribution in [3.05, 3.63) is 34.9 Å². The number of nitrogens with one attached hydrogen (secondary N) is 1. The molecule has 20 heavy (non-hydrogen) atoms. The van der Waals surface area contributed by atoms with Gasteiger partial charge in [-0.15, -0.1) is 0 Å². The number of hydrogen-bond donors (Lipinski definition) is 2. The molecule has 2 N–H and O–H groups in total. The summed E-state index contributed by atoms with van der Waals surface area (Å²) in [5, 5.41) is 13.5. The van der Waals surface area contributed by atoms with Crippen molar-refractivity contribution in [2.24, 2.45) is 0 Å². The predicted octanol–water partition coefficient (Wildman–Crippen LogP) is 1.97. The molecule has 2 aliphatic heterocycles. The Kier molecular flexibility index (Phi) is 3.52. The summed E-state index contributed by atoms with van der Waals surface area (Å²) >= 11 is 0. The van der Waals surface area contributed by atoms with Crippen molar-refractivity contribution in [2.45, 2.75) is 44.3 Å². The number of amides is 1. The SMILES string of the molecule is CC1(C(O)c2ccc3c(c2)C(=O)NCCC3)CCCO1. The standard InChI is InChI=1S/C16H21NO3/c1-16(7-3-9-20-16)14(18)12-6-5-11-4-2-8-17-15(19)13(11)10-12/h5-6,10,14,18H,2-4,7-9H2,1H3,(H,17,19). The van der Waals surface area contributed by atoms with Gasteiger partial charge in [0.2, 0.25) is 0 Å². The zero-order valence-electron chi connectivity index (χ0n) is 11.8. The highest BCUT2D eigenvalue weighted by atomic mass is 16.5. The number of carbonyl (C=O) groups is 1.